The molecule has 1 aliphatic heterocycles. The zero-order chi connectivity index (χ0) is 13.2. The number of fused-ring (bicyclic) bond motifs is 1. The zero-order valence-electron chi connectivity index (χ0n) is 10.7. The quantitative estimate of drug-likeness (QED) is 0.776. The fourth-order valence-electron chi connectivity index (χ4n) is 2.23. The maximum Gasteiger partial charge on any atom is 0.274 e. The Morgan fingerprint density at radius 3 is 2.95 bits per heavy atom. The molecule has 1 atom stereocenters. The number of nitrogens with zero attached hydrogens (tertiary/aromatic N) is 3. The molecule has 0 spiro atoms. The number of hydrogen-bond donors (Lipinski definition) is 0. The lowest BCUT2D eigenvalue weighted by Gasteiger charge is -2.30. The number of carbonyl (C=O) groups excluding carboxylic acids is 1. The van der Waals surface area contributed by atoms with E-state index in [9.17, 15) is 4.79 Å². The van der Waals surface area contributed by atoms with Crippen molar-refractivity contribution in [3.05, 3.63) is 36.2 Å². The molecule has 0 bridgehead atoms. The third-order valence-electron chi connectivity index (χ3n) is 3.20. The molecule has 0 N–H and O–H groups in total. The van der Waals surface area contributed by atoms with Crippen LogP contribution in [-0.2, 0) is 4.74 Å². The number of amides is 1. The van der Waals surface area contributed by atoms with E-state index in [4.69, 9.17) is 4.74 Å². The van der Waals surface area contributed by atoms with Gasteiger partial charge in [0.05, 0.1) is 29.9 Å². The summed E-state index contributed by atoms with van der Waals surface area (Å²) >= 11 is 0. The summed E-state index contributed by atoms with van der Waals surface area (Å²) in [6.45, 7) is 3.75. The zero-order valence-corrected chi connectivity index (χ0v) is 10.7. The normalized spacial score (nSPS) is 19.6. The summed E-state index contributed by atoms with van der Waals surface area (Å²) in [7, 11) is 0. The summed E-state index contributed by atoms with van der Waals surface area (Å²) in [4.78, 5) is 22.8. The van der Waals surface area contributed by atoms with Gasteiger partial charge in [0, 0.05) is 13.1 Å². The minimum atomic E-state index is -0.0756. The first-order valence-electron chi connectivity index (χ1n) is 6.37. The van der Waals surface area contributed by atoms with Crippen molar-refractivity contribution in [1.82, 2.24) is 14.9 Å². The lowest BCUT2D eigenvalue weighted by Crippen LogP contribution is -2.44. The predicted molar refractivity (Wildman–Crippen MR) is 70.9 cm³/mol. The summed E-state index contributed by atoms with van der Waals surface area (Å²) in [6, 6.07) is 7.54. The van der Waals surface area contributed by atoms with Gasteiger partial charge < -0.3 is 9.64 Å². The van der Waals surface area contributed by atoms with Crippen molar-refractivity contribution in [1.29, 1.82) is 0 Å². The number of rotatable bonds is 1. The topological polar surface area (TPSA) is 55.3 Å². The van der Waals surface area contributed by atoms with Crippen LogP contribution in [0, 0.1) is 0 Å². The van der Waals surface area contributed by atoms with Gasteiger partial charge in [0.15, 0.2) is 0 Å². The molecule has 1 aromatic heterocycles. The molecule has 0 aliphatic carbocycles. The first kappa shape index (κ1) is 12.0. The number of aromatic nitrogens is 2. The first-order valence-corrected chi connectivity index (χ1v) is 6.37. The molecule has 0 unspecified atom stereocenters. The molecule has 1 aromatic carbocycles. The molecule has 3 rings (SSSR count). The second-order valence-corrected chi connectivity index (χ2v) is 4.68. The van der Waals surface area contributed by atoms with Gasteiger partial charge in [-0.3, -0.25) is 9.78 Å². The number of para-hydroxylation sites is 2. The molecule has 1 fully saturated rings. The van der Waals surface area contributed by atoms with Crippen molar-refractivity contribution in [2.75, 3.05) is 19.7 Å². The van der Waals surface area contributed by atoms with Crippen molar-refractivity contribution in [3.8, 4) is 0 Å². The van der Waals surface area contributed by atoms with Crippen molar-refractivity contribution < 1.29 is 9.53 Å². The highest BCUT2D eigenvalue weighted by molar-refractivity contribution is 5.93. The van der Waals surface area contributed by atoms with E-state index in [1.165, 1.54) is 0 Å². The van der Waals surface area contributed by atoms with Crippen LogP contribution in [0.1, 0.15) is 17.4 Å². The summed E-state index contributed by atoms with van der Waals surface area (Å²) in [5.74, 6) is -0.0756. The molecule has 1 amide bonds. The monoisotopic (exact) mass is 257 g/mol. The Hall–Kier alpha value is -2.01. The van der Waals surface area contributed by atoms with Gasteiger partial charge in [0.2, 0.25) is 0 Å². The number of benzene rings is 1. The largest absolute Gasteiger partial charge is 0.375 e. The smallest absolute Gasteiger partial charge is 0.274 e. The summed E-state index contributed by atoms with van der Waals surface area (Å²) in [5.41, 5.74) is 1.94. The summed E-state index contributed by atoms with van der Waals surface area (Å²) in [5, 5.41) is 0. The van der Waals surface area contributed by atoms with E-state index in [1.54, 1.807) is 11.1 Å². The predicted octanol–water partition coefficient (Wildman–Crippen LogP) is 1.49. The molecule has 0 radical (unpaired) electrons. The molecule has 19 heavy (non-hydrogen) atoms. The van der Waals surface area contributed by atoms with Gasteiger partial charge in [0.25, 0.3) is 5.91 Å². The third kappa shape index (κ3) is 2.42. The lowest BCUT2D eigenvalue weighted by molar-refractivity contribution is -0.0126. The molecule has 0 saturated carbocycles. The lowest BCUT2D eigenvalue weighted by atomic mass is 10.2. The third-order valence-corrected chi connectivity index (χ3v) is 3.20. The fraction of sp³-hybridized carbons (Fsp3) is 0.357. The Bertz CT molecular complexity index is 614. The summed E-state index contributed by atoms with van der Waals surface area (Å²) in [6.07, 6.45) is 1.62. The van der Waals surface area contributed by atoms with E-state index in [0.29, 0.717) is 25.4 Å². The van der Waals surface area contributed by atoms with Gasteiger partial charge in [-0.15, -0.1) is 0 Å². The van der Waals surface area contributed by atoms with E-state index in [2.05, 4.69) is 9.97 Å². The van der Waals surface area contributed by atoms with Crippen LogP contribution in [0.4, 0.5) is 0 Å². The highest BCUT2D eigenvalue weighted by Crippen LogP contribution is 2.12. The SMILES string of the molecule is C[C@H]1CN(C(=O)c2cnc3ccccc3n2)CCO1. The van der Waals surface area contributed by atoms with Crippen LogP contribution in [0.3, 0.4) is 0 Å². The Labute approximate surface area is 111 Å². The van der Waals surface area contributed by atoms with Crippen LogP contribution >= 0.6 is 0 Å². The van der Waals surface area contributed by atoms with Crippen LogP contribution < -0.4 is 0 Å². The van der Waals surface area contributed by atoms with Crippen LogP contribution in [-0.4, -0.2) is 46.6 Å². The van der Waals surface area contributed by atoms with Crippen molar-refractivity contribution in [2.45, 2.75) is 13.0 Å². The van der Waals surface area contributed by atoms with Gasteiger partial charge in [-0.05, 0) is 19.1 Å². The highest BCUT2D eigenvalue weighted by atomic mass is 16.5. The second-order valence-electron chi connectivity index (χ2n) is 4.68. The van der Waals surface area contributed by atoms with Gasteiger partial charge in [0.1, 0.15) is 5.69 Å². The number of ether oxygens (including phenoxy) is 1. The minimum Gasteiger partial charge on any atom is -0.375 e. The van der Waals surface area contributed by atoms with Crippen molar-refractivity contribution in [2.24, 2.45) is 0 Å². The van der Waals surface area contributed by atoms with Crippen molar-refractivity contribution >= 4 is 16.9 Å². The van der Waals surface area contributed by atoms with Crippen LogP contribution in [0.15, 0.2) is 30.5 Å². The Morgan fingerprint density at radius 1 is 1.37 bits per heavy atom. The molecule has 5 nitrogen and oxygen atoms in total. The molecule has 1 aliphatic rings. The Morgan fingerprint density at radius 2 is 2.16 bits per heavy atom. The van der Waals surface area contributed by atoms with Crippen LogP contribution in [0.25, 0.3) is 11.0 Å². The Balaban J connectivity index is 1.88. The summed E-state index contributed by atoms with van der Waals surface area (Å²) < 4.78 is 5.43. The van der Waals surface area contributed by atoms with E-state index >= 15 is 0 Å². The molecule has 98 valence electrons. The standard InChI is InChI=1S/C14H15N3O2/c1-10-9-17(6-7-19-10)14(18)13-8-15-11-4-2-3-5-12(11)16-13/h2-5,8,10H,6-7,9H2,1H3/t10-/m0/s1. The van der Waals surface area contributed by atoms with Gasteiger partial charge in [-0.2, -0.15) is 0 Å². The Kier molecular flexibility index (Phi) is 3.13. The molecule has 5 heteroatoms. The van der Waals surface area contributed by atoms with Crippen LogP contribution in [0.2, 0.25) is 0 Å². The van der Waals surface area contributed by atoms with Gasteiger partial charge >= 0.3 is 0 Å². The molecule has 1 saturated heterocycles. The molecular weight excluding hydrogens is 242 g/mol. The highest BCUT2D eigenvalue weighted by Gasteiger charge is 2.23. The maximum absolute atomic E-state index is 12.4. The van der Waals surface area contributed by atoms with Crippen LogP contribution in [0.5, 0.6) is 0 Å². The second kappa shape index (κ2) is 4.93. The van der Waals surface area contributed by atoms with Crippen molar-refractivity contribution in [3.63, 3.8) is 0 Å². The average Bonchev–Trinajstić information content (AvgIpc) is 2.46. The van der Waals surface area contributed by atoms with E-state index in [-0.39, 0.29) is 12.0 Å². The number of carbonyl (C=O) groups is 1. The fourth-order valence-corrected chi connectivity index (χ4v) is 2.23. The number of morpholine rings is 1. The minimum absolute atomic E-state index is 0.0751. The van der Waals surface area contributed by atoms with Gasteiger partial charge in [-0.25, -0.2) is 4.98 Å². The number of hydrogen-bond acceptors (Lipinski definition) is 4. The molecule has 2 aromatic rings. The van der Waals surface area contributed by atoms with E-state index < -0.39 is 0 Å². The average molecular weight is 257 g/mol. The van der Waals surface area contributed by atoms with Gasteiger partial charge in [-0.1, -0.05) is 12.1 Å². The maximum atomic E-state index is 12.4. The van der Waals surface area contributed by atoms with E-state index in [1.807, 2.05) is 31.2 Å². The molecular formula is C14H15N3O2. The van der Waals surface area contributed by atoms with E-state index in [0.717, 1.165) is 11.0 Å². The first-order chi connectivity index (χ1) is 9.24. The molecule has 2 heterocycles.